The number of halogens is 1. The van der Waals surface area contributed by atoms with E-state index in [1.165, 1.54) is 20.3 Å². The van der Waals surface area contributed by atoms with Crippen molar-refractivity contribution in [1.29, 1.82) is 5.26 Å². The van der Waals surface area contributed by atoms with Gasteiger partial charge in [-0.1, -0.05) is 24.3 Å². The van der Waals surface area contributed by atoms with Crippen LogP contribution in [0.2, 0.25) is 0 Å². The molecule has 0 saturated carbocycles. The quantitative estimate of drug-likeness (QED) is 0.183. The molecule has 43 heavy (non-hydrogen) atoms. The molecule has 2 heterocycles. The monoisotopic (exact) mass is 580 g/mol. The predicted molar refractivity (Wildman–Crippen MR) is 157 cm³/mol. The average molecular weight is 581 g/mol. The zero-order valence-electron chi connectivity index (χ0n) is 24.0. The highest BCUT2D eigenvalue weighted by Crippen LogP contribution is 2.27. The molecule has 0 saturated heterocycles. The highest BCUT2D eigenvalue weighted by atomic mass is 19.1. The fourth-order valence-electron chi connectivity index (χ4n) is 4.75. The number of carbonyl (C=O) groups excluding carboxylic acids is 1. The fourth-order valence-corrected chi connectivity index (χ4v) is 4.75. The number of fused-ring (bicyclic) bond motifs is 1. The molecule has 218 valence electrons. The number of ether oxygens (including phenoxy) is 4. The molecule has 2 aromatic heterocycles. The van der Waals surface area contributed by atoms with E-state index >= 15 is 4.39 Å². The van der Waals surface area contributed by atoms with Gasteiger partial charge in [0.15, 0.2) is 0 Å². The summed E-state index contributed by atoms with van der Waals surface area (Å²) in [6.45, 7) is 1.09. The maximum Gasteiger partial charge on any atom is 0.337 e. The molecule has 0 atom stereocenters. The molecule has 0 radical (unpaired) electrons. The molecule has 0 N–H and O–H groups in total. The number of rotatable bonds is 11. The molecule has 10 heteroatoms. The van der Waals surface area contributed by atoms with Crippen molar-refractivity contribution in [2.75, 3.05) is 27.9 Å². The number of nitrogens with zero attached hydrogens (tertiary/aromatic N) is 4. The van der Waals surface area contributed by atoms with Gasteiger partial charge in [-0.25, -0.2) is 19.2 Å². The van der Waals surface area contributed by atoms with Gasteiger partial charge in [0.25, 0.3) is 0 Å². The minimum Gasteiger partial charge on any atom is -0.496 e. The molecule has 0 aliphatic heterocycles. The lowest BCUT2D eigenvalue weighted by molar-refractivity contribution is 0.0601. The van der Waals surface area contributed by atoms with Crippen molar-refractivity contribution in [3.8, 4) is 29.0 Å². The smallest absolute Gasteiger partial charge is 0.337 e. The Hall–Kier alpha value is -5.27. The topological polar surface area (TPSA) is 108 Å². The van der Waals surface area contributed by atoms with Crippen LogP contribution in [0.5, 0.6) is 11.6 Å². The van der Waals surface area contributed by atoms with E-state index in [0.29, 0.717) is 64.1 Å². The summed E-state index contributed by atoms with van der Waals surface area (Å²) < 4.78 is 38.8. The summed E-state index contributed by atoms with van der Waals surface area (Å²) in [5.41, 5.74) is 4.71. The SMILES string of the molecule is COCCn1c(Cc2ccc(-c3cccc(OCc4ccc(C#N)cc4OC)n3)cc2F)nc2ccc(C(=O)OC)cc21. The standard InChI is InChI=1S/C33H29FN4O5/c1-40-14-13-38-29-17-24(33(39)42-3)11-12-28(29)36-31(38)18-22-9-10-23(16-26(22)34)27-5-4-6-32(37-27)43-20-25-8-7-21(19-35)15-30(25)41-2/h4-12,15-17H,13-14,18,20H2,1-3H3. The van der Waals surface area contributed by atoms with Crippen molar-refractivity contribution in [3.63, 3.8) is 0 Å². The van der Waals surface area contributed by atoms with Crippen LogP contribution >= 0.6 is 0 Å². The third-order valence-corrected chi connectivity index (χ3v) is 6.98. The number of carbonyl (C=O) groups is 1. The van der Waals surface area contributed by atoms with Gasteiger partial charge in [-0.3, -0.25) is 0 Å². The number of hydrogen-bond acceptors (Lipinski definition) is 8. The van der Waals surface area contributed by atoms with Crippen molar-refractivity contribution < 1.29 is 28.1 Å². The minimum absolute atomic E-state index is 0.184. The molecule has 9 nitrogen and oxygen atoms in total. The van der Waals surface area contributed by atoms with E-state index in [-0.39, 0.29) is 13.0 Å². The van der Waals surface area contributed by atoms with Crippen LogP contribution in [-0.4, -0.2) is 48.4 Å². The molecule has 5 rings (SSSR count). The Morgan fingerprint density at radius 3 is 2.56 bits per heavy atom. The van der Waals surface area contributed by atoms with Crippen LogP contribution in [0.1, 0.15) is 32.9 Å². The molecular weight excluding hydrogens is 551 g/mol. The van der Waals surface area contributed by atoms with Gasteiger partial charge in [-0.15, -0.1) is 0 Å². The Morgan fingerprint density at radius 1 is 0.977 bits per heavy atom. The number of benzene rings is 3. The van der Waals surface area contributed by atoms with Crippen LogP contribution in [0.25, 0.3) is 22.3 Å². The van der Waals surface area contributed by atoms with Crippen molar-refractivity contribution >= 4 is 17.0 Å². The summed E-state index contributed by atoms with van der Waals surface area (Å²) in [5, 5.41) is 9.12. The van der Waals surface area contributed by atoms with Crippen LogP contribution in [0, 0.1) is 17.1 Å². The highest BCUT2D eigenvalue weighted by Gasteiger charge is 2.17. The summed E-state index contributed by atoms with van der Waals surface area (Å²) in [4.78, 5) is 21.4. The summed E-state index contributed by atoms with van der Waals surface area (Å²) >= 11 is 0. The van der Waals surface area contributed by atoms with Gasteiger partial charge in [0.05, 0.1) is 54.7 Å². The van der Waals surface area contributed by atoms with Crippen LogP contribution in [-0.2, 0) is 29.0 Å². The summed E-state index contributed by atoms with van der Waals surface area (Å²) in [6.07, 6.45) is 0.237. The van der Waals surface area contributed by atoms with Crippen molar-refractivity contribution in [1.82, 2.24) is 14.5 Å². The first kappa shape index (κ1) is 29.2. The second kappa shape index (κ2) is 13.1. The predicted octanol–water partition coefficient (Wildman–Crippen LogP) is 5.72. The number of pyridine rings is 1. The maximum atomic E-state index is 15.5. The minimum atomic E-state index is -0.443. The van der Waals surface area contributed by atoms with E-state index in [2.05, 4.69) is 11.1 Å². The number of methoxy groups -OCH3 is 3. The van der Waals surface area contributed by atoms with Crippen molar-refractivity contribution in [3.05, 3.63) is 107 Å². The lowest BCUT2D eigenvalue weighted by Gasteiger charge is -2.12. The summed E-state index contributed by atoms with van der Waals surface area (Å²) in [6, 6.07) is 22.6. The molecule has 0 spiro atoms. The Bertz CT molecular complexity index is 1830. The molecule has 5 aromatic rings. The van der Waals surface area contributed by atoms with Crippen LogP contribution < -0.4 is 9.47 Å². The Balaban J connectivity index is 1.36. The van der Waals surface area contributed by atoms with E-state index in [1.807, 2.05) is 10.6 Å². The first-order valence-corrected chi connectivity index (χ1v) is 13.5. The number of aromatic nitrogens is 3. The van der Waals surface area contributed by atoms with Gasteiger partial charge in [0, 0.05) is 37.3 Å². The fraction of sp³-hybridized carbons (Fsp3) is 0.212. The molecule has 0 unspecified atom stereocenters. The van der Waals surface area contributed by atoms with Crippen LogP contribution in [0.3, 0.4) is 0 Å². The van der Waals surface area contributed by atoms with Gasteiger partial charge in [0.2, 0.25) is 5.88 Å². The summed E-state index contributed by atoms with van der Waals surface area (Å²) in [5.74, 6) is 0.724. The van der Waals surface area contributed by atoms with E-state index in [4.69, 9.17) is 29.2 Å². The number of esters is 1. The first-order valence-electron chi connectivity index (χ1n) is 13.5. The number of hydrogen-bond donors (Lipinski definition) is 0. The molecule has 0 fully saturated rings. The lowest BCUT2D eigenvalue weighted by atomic mass is 10.1. The third kappa shape index (κ3) is 6.47. The largest absolute Gasteiger partial charge is 0.496 e. The Labute approximate surface area is 248 Å². The van der Waals surface area contributed by atoms with Crippen LogP contribution in [0.4, 0.5) is 4.39 Å². The normalized spacial score (nSPS) is 10.9. The van der Waals surface area contributed by atoms with E-state index in [0.717, 1.165) is 11.1 Å². The van der Waals surface area contributed by atoms with Crippen molar-refractivity contribution in [2.24, 2.45) is 0 Å². The first-order chi connectivity index (χ1) is 20.9. The maximum absolute atomic E-state index is 15.5. The third-order valence-electron chi connectivity index (χ3n) is 6.98. The molecule has 0 amide bonds. The van der Waals surface area contributed by atoms with E-state index in [1.54, 1.807) is 67.8 Å². The van der Waals surface area contributed by atoms with Gasteiger partial charge in [-0.05, 0) is 48.0 Å². The molecule has 0 aliphatic rings. The van der Waals surface area contributed by atoms with Crippen LogP contribution in [0.15, 0.2) is 72.8 Å². The zero-order chi connectivity index (χ0) is 30.3. The van der Waals surface area contributed by atoms with E-state index in [9.17, 15) is 4.79 Å². The zero-order valence-corrected chi connectivity index (χ0v) is 24.0. The molecule has 3 aromatic carbocycles. The number of imidazole rings is 1. The van der Waals surface area contributed by atoms with Gasteiger partial charge in [0.1, 0.15) is 24.0 Å². The lowest BCUT2D eigenvalue weighted by Crippen LogP contribution is -2.10. The second-order valence-electron chi connectivity index (χ2n) is 9.64. The Morgan fingerprint density at radius 2 is 1.81 bits per heavy atom. The molecule has 0 aliphatic carbocycles. The highest BCUT2D eigenvalue weighted by molar-refractivity contribution is 5.93. The van der Waals surface area contributed by atoms with Crippen molar-refractivity contribution in [2.45, 2.75) is 19.6 Å². The molecule has 0 bridgehead atoms. The van der Waals surface area contributed by atoms with Gasteiger partial charge < -0.3 is 23.5 Å². The average Bonchev–Trinajstić information content (AvgIpc) is 3.39. The second-order valence-corrected chi connectivity index (χ2v) is 9.64. The summed E-state index contributed by atoms with van der Waals surface area (Å²) in [7, 11) is 4.47. The number of nitriles is 1. The Kier molecular flexibility index (Phi) is 8.93. The van der Waals surface area contributed by atoms with E-state index < -0.39 is 11.8 Å². The van der Waals surface area contributed by atoms with Gasteiger partial charge >= 0.3 is 5.97 Å². The van der Waals surface area contributed by atoms with Gasteiger partial charge in [-0.2, -0.15) is 5.26 Å². The molecular formula is C33H29FN4O5.